The molecule has 0 atom stereocenters. The van der Waals surface area contributed by atoms with E-state index in [1.165, 1.54) is 12.1 Å². The van der Waals surface area contributed by atoms with E-state index in [9.17, 15) is 9.18 Å². The molecule has 0 amide bonds. The second kappa shape index (κ2) is 9.47. The number of benzene rings is 1. The van der Waals surface area contributed by atoms with Gasteiger partial charge in [0, 0.05) is 51.0 Å². The Balaban J connectivity index is 1.34. The third kappa shape index (κ3) is 4.64. The van der Waals surface area contributed by atoms with Gasteiger partial charge < -0.3 is 4.90 Å². The average Bonchev–Trinajstić information content (AvgIpc) is 3.18. The Morgan fingerprint density at radius 1 is 1.25 bits per heavy atom. The number of rotatable bonds is 6. The highest BCUT2D eigenvalue weighted by molar-refractivity contribution is 6.32. The summed E-state index contributed by atoms with van der Waals surface area (Å²) in [6.07, 6.45) is 3.58. The molecule has 0 N–H and O–H groups in total. The van der Waals surface area contributed by atoms with Crippen LogP contribution in [0.3, 0.4) is 0 Å². The van der Waals surface area contributed by atoms with Crippen molar-refractivity contribution in [3.63, 3.8) is 0 Å². The molecule has 0 saturated carbocycles. The van der Waals surface area contributed by atoms with Crippen molar-refractivity contribution in [3.05, 3.63) is 70.4 Å². The standard InChI is InChI=1S/C23H22ClFN6O/c1-16-20(15-28-31(16)23-21(24)3-2-5-27-23)22(32)4-6-29-7-9-30(10-8-29)19-12-17(14-26)11-18(25)13-19/h2-3,5,11-13,15H,4,6-10H2,1H3. The zero-order valence-electron chi connectivity index (χ0n) is 17.6. The van der Waals surface area contributed by atoms with Gasteiger partial charge in [-0.2, -0.15) is 10.4 Å². The summed E-state index contributed by atoms with van der Waals surface area (Å²) in [6.45, 7) is 5.39. The van der Waals surface area contributed by atoms with E-state index in [2.05, 4.69) is 19.9 Å². The number of hydrogen-bond donors (Lipinski definition) is 0. The van der Waals surface area contributed by atoms with Gasteiger partial charge in [0.1, 0.15) is 5.82 Å². The molecule has 0 aliphatic carbocycles. The van der Waals surface area contributed by atoms with E-state index in [1.54, 1.807) is 35.3 Å². The fourth-order valence-electron chi connectivity index (χ4n) is 3.88. The van der Waals surface area contributed by atoms with Gasteiger partial charge in [-0.1, -0.05) is 11.6 Å². The quantitative estimate of drug-likeness (QED) is 0.531. The molecule has 32 heavy (non-hydrogen) atoms. The Labute approximate surface area is 190 Å². The van der Waals surface area contributed by atoms with Crippen molar-refractivity contribution in [1.82, 2.24) is 19.7 Å². The molecule has 1 saturated heterocycles. The highest BCUT2D eigenvalue weighted by Gasteiger charge is 2.21. The fraction of sp³-hybridized carbons (Fsp3) is 0.304. The van der Waals surface area contributed by atoms with Crippen LogP contribution < -0.4 is 4.90 Å². The Morgan fingerprint density at radius 3 is 2.75 bits per heavy atom. The molecular weight excluding hydrogens is 431 g/mol. The van der Waals surface area contributed by atoms with Crippen molar-refractivity contribution < 1.29 is 9.18 Å². The smallest absolute Gasteiger partial charge is 0.172 e. The maximum atomic E-state index is 13.7. The number of hydrogen-bond acceptors (Lipinski definition) is 6. The fourth-order valence-corrected chi connectivity index (χ4v) is 4.08. The molecule has 1 aliphatic rings. The van der Waals surface area contributed by atoms with Gasteiger partial charge in [0.25, 0.3) is 0 Å². The van der Waals surface area contributed by atoms with Crippen molar-refractivity contribution in [2.45, 2.75) is 13.3 Å². The maximum Gasteiger partial charge on any atom is 0.172 e. The van der Waals surface area contributed by atoms with Gasteiger partial charge in [-0.3, -0.25) is 9.69 Å². The van der Waals surface area contributed by atoms with Crippen molar-refractivity contribution in [1.29, 1.82) is 5.26 Å². The number of aromatic nitrogens is 3. The molecule has 4 rings (SSSR count). The van der Waals surface area contributed by atoms with Gasteiger partial charge in [-0.15, -0.1) is 0 Å². The summed E-state index contributed by atoms with van der Waals surface area (Å²) in [5, 5.41) is 13.8. The largest absolute Gasteiger partial charge is 0.369 e. The van der Waals surface area contributed by atoms with Gasteiger partial charge in [0.2, 0.25) is 0 Å². The van der Waals surface area contributed by atoms with Crippen molar-refractivity contribution in [2.24, 2.45) is 0 Å². The minimum atomic E-state index is -0.407. The van der Waals surface area contributed by atoms with Crippen LogP contribution in [-0.4, -0.2) is 58.2 Å². The number of pyridine rings is 1. The number of ketones is 1. The molecule has 1 fully saturated rings. The molecule has 1 aliphatic heterocycles. The van der Waals surface area contributed by atoms with Crippen LogP contribution >= 0.6 is 11.6 Å². The minimum Gasteiger partial charge on any atom is -0.369 e. The summed E-state index contributed by atoms with van der Waals surface area (Å²) >= 11 is 6.21. The lowest BCUT2D eigenvalue weighted by molar-refractivity contribution is 0.0962. The number of carbonyl (C=O) groups is 1. The topological polar surface area (TPSA) is 78.0 Å². The molecular formula is C23H22ClFN6O. The molecule has 164 valence electrons. The van der Waals surface area contributed by atoms with E-state index in [0.717, 1.165) is 13.1 Å². The van der Waals surface area contributed by atoms with Gasteiger partial charge in [-0.05, 0) is 37.3 Å². The van der Waals surface area contributed by atoms with Crippen molar-refractivity contribution in [3.8, 4) is 11.9 Å². The number of anilines is 1. The number of nitrogens with zero attached hydrogens (tertiary/aromatic N) is 6. The van der Waals surface area contributed by atoms with Crippen LogP contribution in [-0.2, 0) is 0 Å². The van der Waals surface area contributed by atoms with E-state index in [4.69, 9.17) is 16.9 Å². The zero-order valence-corrected chi connectivity index (χ0v) is 18.4. The third-order valence-electron chi connectivity index (χ3n) is 5.65. The molecule has 0 unspecified atom stereocenters. The van der Waals surface area contributed by atoms with E-state index in [0.29, 0.717) is 59.4 Å². The first-order chi connectivity index (χ1) is 15.5. The van der Waals surface area contributed by atoms with Crippen LogP contribution in [0, 0.1) is 24.1 Å². The second-order valence-corrected chi connectivity index (χ2v) is 8.08. The Bertz CT molecular complexity index is 1180. The average molecular weight is 453 g/mol. The minimum absolute atomic E-state index is 0.0204. The maximum absolute atomic E-state index is 13.7. The van der Waals surface area contributed by atoms with E-state index < -0.39 is 5.82 Å². The Kier molecular flexibility index (Phi) is 6.49. The van der Waals surface area contributed by atoms with Crippen LogP contribution in [0.5, 0.6) is 0 Å². The number of halogens is 2. The lowest BCUT2D eigenvalue weighted by atomic mass is 10.1. The number of piperazine rings is 1. The zero-order chi connectivity index (χ0) is 22.7. The summed E-state index contributed by atoms with van der Waals surface area (Å²) in [6, 6.07) is 9.86. The van der Waals surface area contributed by atoms with Crippen LogP contribution in [0.1, 0.15) is 28.0 Å². The summed E-state index contributed by atoms with van der Waals surface area (Å²) < 4.78 is 15.3. The first kappa shape index (κ1) is 21.9. The summed E-state index contributed by atoms with van der Waals surface area (Å²) in [5.41, 5.74) is 2.30. The van der Waals surface area contributed by atoms with Gasteiger partial charge in [0.15, 0.2) is 11.6 Å². The van der Waals surface area contributed by atoms with E-state index >= 15 is 0 Å². The van der Waals surface area contributed by atoms with E-state index in [1.807, 2.05) is 13.0 Å². The van der Waals surface area contributed by atoms with Crippen molar-refractivity contribution in [2.75, 3.05) is 37.6 Å². The summed E-state index contributed by atoms with van der Waals surface area (Å²) in [7, 11) is 0. The van der Waals surface area contributed by atoms with Crippen LogP contribution in [0.4, 0.5) is 10.1 Å². The van der Waals surface area contributed by atoms with Crippen LogP contribution in [0.25, 0.3) is 5.82 Å². The molecule has 9 heteroatoms. The Morgan fingerprint density at radius 2 is 2.03 bits per heavy atom. The number of nitriles is 1. The van der Waals surface area contributed by atoms with Crippen LogP contribution in [0.15, 0.2) is 42.7 Å². The Hall–Kier alpha value is -3.28. The molecule has 7 nitrogen and oxygen atoms in total. The summed E-state index contributed by atoms with van der Waals surface area (Å²) in [4.78, 5) is 21.3. The van der Waals surface area contributed by atoms with Crippen LogP contribution in [0.2, 0.25) is 5.02 Å². The van der Waals surface area contributed by atoms with Gasteiger partial charge in [-0.25, -0.2) is 14.1 Å². The first-order valence-corrected chi connectivity index (χ1v) is 10.7. The number of carbonyl (C=O) groups excluding carboxylic acids is 1. The molecule has 3 aromatic rings. The highest BCUT2D eigenvalue weighted by Crippen LogP contribution is 2.22. The molecule has 2 aromatic heterocycles. The first-order valence-electron chi connectivity index (χ1n) is 10.3. The molecule has 0 bridgehead atoms. The lowest BCUT2D eigenvalue weighted by Gasteiger charge is -2.36. The predicted molar refractivity (Wildman–Crippen MR) is 120 cm³/mol. The molecule has 1 aromatic carbocycles. The molecule has 0 spiro atoms. The summed E-state index contributed by atoms with van der Waals surface area (Å²) in [5.74, 6) is 0.112. The third-order valence-corrected chi connectivity index (χ3v) is 5.95. The predicted octanol–water partition coefficient (Wildman–Crippen LogP) is 3.63. The highest BCUT2D eigenvalue weighted by atomic mass is 35.5. The van der Waals surface area contributed by atoms with E-state index in [-0.39, 0.29) is 5.78 Å². The SMILES string of the molecule is Cc1c(C(=O)CCN2CCN(c3cc(F)cc(C#N)c3)CC2)cnn1-c1ncccc1Cl. The lowest BCUT2D eigenvalue weighted by Crippen LogP contribution is -2.47. The molecule has 3 heterocycles. The van der Waals surface area contributed by atoms with Gasteiger partial charge in [0.05, 0.1) is 34.1 Å². The number of Topliss-reactive ketones (excluding diaryl/α,β-unsaturated/α-hetero) is 1. The normalized spacial score (nSPS) is 14.4. The van der Waals surface area contributed by atoms with Gasteiger partial charge >= 0.3 is 0 Å². The second-order valence-electron chi connectivity index (χ2n) is 7.68. The monoisotopic (exact) mass is 452 g/mol. The van der Waals surface area contributed by atoms with Crippen molar-refractivity contribution >= 4 is 23.1 Å². The molecule has 0 radical (unpaired) electrons.